The first-order valence-electron chi connectivity index (χ1n) is 8.07. The third-order valence-electron chi connectivity index (χ3n) is 4.28. The van der Waals surface area contributed by atoms with Gasteiger partial charge in [0.1, 0.15) is 5.69 Å². The minimum Gasteiger partial charge on any atom is -0.344 e. The minimum absolute atomic E-state index is 0. The molecule has 1 fully saturated rings. The molecule has 136 valence electrons. The number of nitrogens with one attached hydrogen (secondary N) is 2. The van der Waals surface area contributed by atoms with Crippen molar-refractivity contribution < 1.29 is 13.6 Å². The second kappa shape index (κ2) is 8.40. The van der Waals surface area contributed by atoms with Crippen molar-refractivity contribution >= 4 is 18.3 Å². The van der Waals surface area contributed by atoms with Gasteiger partial charge >= 0.3 is 0 Å². The van der Waals surface area contributed by atoms with E-state index in [0.717, 1.165) is 32.0 Å². The molecule has 1 saturated heterocycles. The fourth-order valence-electron chi connectivity index (χ4n) is 2.92. The largest absolute Gasteiger partial charge is 0.344 e. The third kappa shape index (κ3) is 4.35. The van der Waals surface area contributed by atoms with E-state index in [0.29, 0.717) is 0 Å². The lowest BCUT2D eigenvalue weighted by atomic mass is 10.1. The number of carbonyl (C=O) groups is 1. The molecule has 1 aromatic heterocycles. The predicted octanol–water partition coefficient (Wildman–Crippen LogP) is 3.00. The van der Waals surface area contributed by atoms with Crippen molar-refractivity contribution in [1.82, 2.24) is 20.4 Å². The zero-order valence-electron chi connectivity index (χ0n) is 13.8. The molecule has 2 aromatic rings. The summed E-state index contributed by atoms with van der Waals surface area (Å²) in [6.07, 6.45) is 3.86. The predicted molar refractivity (Wildman–Crippen MR) is 92.9 cm³/mol. The number of benzene rings is 1. The van der Waals surface area contributed by atoms with Gasteiger partial charge in [-0.2, -0.15) is 5.10 Å². The summed E-state index contributed by atoms with van der Waals surface area (Å²) >= 11 is 0. The first kappa shape index (κ1) is 19.3. The molecule has 0 radical (unpaired) electrons. The zero-order chi connectivity index (χ0) is 17.1. The Kier molecular flexibility index (Phi) is 6.50. The van der Waals surface area contributed by atoms with Gasteiger partial charge in [0.05, 0.1) is 12.1 Å². The Bertz CT molecular complexity index is 731. The van der Waals surface area contributed by atoms with Gasteiger partial charge in [0.15, 0.2) is 11.6 Å². The van der Waals surface area contributed by atoms with E-state index < -0.39 is 23.6 Å². The van der Waals surface area contributed by atoms with Crippen LogP contribution in [0, 0.1) is 11.6 Å². The topological polar surface area (TPSA) is 59.0 Å². The van der Waals surface area contributed by atoms with Crippen LogP contribution in [0.4, 0.5) is 8.78 Å². The standard InChI is InChI=1S/C17H20F2N4O.ClH/c1-11(13-5-2-6-14(18)16(13)19)21-17(24)15-7-9-23(22-15)12-4-3-8-20-10-12;/h2,5-7,9,11-12,20H,3-4,8,10H2,1H3,(H,21,24);1H. The van der Waals surface area contributed by atoms with E-state index in [4.69, 9.17) is 0 Å². The SMILES string of the molecule is CC(NC(=O)c1ccn(C2CCCNC2)n1)c1cccc(F)c1F.Cl. The van der Waals surface area contributed by atoms with Gasteiger partial charge in [-0.1, -0.05) is 12.1 Å². The highest BCUT2D eigenvalue weighted by atomic mass is 35.5. The average Bonchev–Trinajstić information content (AvgIpc) is 3.08. The molecule has 1 amide bonds. The number of hydrogen-bond donors (Lipinski definition) is 2. The van der Waals surface area contributed by atoms with E-state index in [1.54, 1.807) is 23.9 Å². The molecule has 25 heavy (non-hydrogen) atoms. The maximum atomic E-state index is 13.8. The second-order valence-electron chi connectivity index (χ2n) is 6.02. The zero-order valence-corrected chi connectivity index (χ0v) is 14.7. The van der Waals surface area contributed by atoms with Crippen LogP contribution >= 0.6 is 12.4 Å². The fraction of sp³-hybridized carbons (Fsp3) is 0.412. The average molecular weight is 371 g/mol. The molecule has 5 nitrogen and oxygen atoms in total. The van der Waals surface area contributed by atoms with Crippen LogP contribution in [0.25, 0.3) is 0 Å². The van der Waals surface area contributed by atoms with E-state index >= 15 is 0 Å². The number of halogens is 3. The fourth-order valence-corrected chi connectivity index (χ4v) is 2.92. The van der Waals surface area contributed by atoms with Gasteiger partial charge in [0.2, 0.25) is 0 Å². The molecule has 8 heteroatoms. The maximum absolute atomic E-state index is 13.8. The monoisotopic (exact) mass is 370 g/mol. The highest BCUT2D eigenvalue weighted by molar-refractivity contribution is 5.92. The van der Waals surface area contributed by atoms with Crippen molar-refractivity contribution in [2.75, 3.05) is 13.1 Å². The van der Waals surface area contributed by atoms with Gasteiger partial charge in [0, 0.05) is 18.3 Å². The summed E-state index contributed by atoms with van der Waals surface area (Å²) in [6.45, 7) is 3.44. The first-order valence-corrected chi connectivity index (χ1v) is 8.07. The number of aromatic nitrogens is 2. The molecule has 2 heterocycles. The number of amides is 1. The Morgan fingerprint density at radius 1 is 1.40 bits per heavy atom. The van der Waals surface area contributed by atoms with Gasteiger partial charge in [-0.05, 0) is 38.4 Å². The molecule has 2 N–H and O–H groups in total. The Hall–Kier alpha value is -1.99. The Balaban J connectivity index is 0.00000225. The van der Waals surface area contributed by atoms with Crippen molar-refractivity contribution in [2.45, 2.75) is 31.8 Å². The summed E-state index contributed by atoms with van der Waals surface area (Å²) in [4.78, 5) is 12.3. The molecular formula is C17H21ClF2N4O. The molecule has 0 aliphatic carbocycles. The molecule has 1 aliphatic rings. The highest BCUT2D eigenvalue weighted by Gasteiger charge is 2.20. The van der Waals surface area contributed by atoms with Gasteiger partial charge in [-0.3, -0.25) is 9.48 Å². The summed E-state index contributed by atoms with van der Waals surface area (Å²) in [5.41, 5.74) is 0.378. The summed E-state index contributed by atoms with van der Waals surface area (Å²) < 4.78 is 28.9. The first-order chi connectivity index (χ1) is 11.6. The number of rotatable bonds is 4. The van der Waals surface area contributed by atoms with Crippen LogP contribution in [0.5, 0.6) is 0 Å². The summed E-state index contributed by atoms with van der Waals surface area (Å²) in [6, 6.07) is 5.14. The Morgan fingerprint density at radius 2 is 2.20 bits per heavy atom. The lowest BCUT2D eigenvalue weighted by Crippen LogP contribution is -2.32. The molecule has 2 unspecified atom stereocenters. The maximum Gasteiger partial charge on any atom is 0.272 e. The lowest BCUT2D eigenvalue weighted by molar-refractivity contribution is 0.0932. The molecular weight excluding hydrogens is 350 g/mol. The van der Waals surface area contributed by atoms with Crippen LogP contribution in [-0.2, 0) is 0 Å². The van der Waals surface area contributed by atoms with E-state index in [-0.39, 0.29) is 29.7 Å². The van der Waals surface area contributed by atoms with Crippen LogP contribution in [0.3, 0.4) is 0 Å². The van der Waals surface area contributed by atoms with Gasteiger partial charge in [-0.15, -0.1) is 12.4 Å². The molecule has 3 rings (SSSR count). The number of hydrogen-bond acceptors (Lipinski definition) is 3. The van der Waals surface area contributed by atoms with Crippen molar-refractivity contribution in [3.8, 4) is 0 Å². The molecule has 1 aliphatic heterocycles. The highest BCUT2D eigenvalue weighted by Crippen LogP contribution is 2.20. The molecule has 0 saturated carbocycles. The second-order valence-corrected chi connectivity index (χ2v) is 6.02. The van der Waals surface area contributed by atoms with Gasteiger partial charge < -0.3 is 10.6 Å². The Morgan fingerprint density at radius 3 is 2.92 bits per heavy atom. The smallest absolute Gasteiger partial charge is 0.272 e. The van der Waals surface area contributed by atoms with Crippen molar-refractivity contribution in [2.24, 2.45) is 0 Å². The number of carbonyl (C=O) groups excluding carboxylic acids is 1. The quantitative estimate of drug-likeness (QED) is 0.869. The van der Waals surface area contributed by atoms with Crippen LogP contribution in [0.15, 0.2) is 30.5 Å². The molecule has 1 aromatic carbocycles. The van der Waals surface area contributed by atoms with Crippen LogP contribution in [0.2, 0.25) is 0 Å². The van der Waals surface area contributed by atoms with Gasteiger partial charge in [-0.25, -0.2) is 8.78 Å². The molecule has 0 bridgehead atoms. The molecule has 0 spiro atoms. The van der Waals surface area contributed by atoms with Crippen LogP contribution in [-0.4, -0.2) is 28.8 Å². The van der Waals surface area contributed by atoms with E-state index in [2.05, 4.69) is 15.7 Å². The van der Waals surface area contributed by atoms with E-state index in [1.165, 1.54) is 12.1 Å². The van der Waals surface area contributed by atoms with Crippen LogP contribution in [0.1, 0.15) is 47.9 Å². The summed E-state index contributed by atoms with van der Waals surface area (Å²) in [5, 5.41) is 10.3. The number of nitrogens with zero attached hydrogens (tertiary/aromatic N) is 2. The Labute approximate surface area is 151 Å². The van der Waals surface area contributed by atoms with Crippen molar-refractivity contribution in [3.63, 3.8) is 0 Å². The van der Waals surface area contributed by atoms with Gasteiger partial charge in [0.25, 0.3) is 5.91 Å². The number of piperidine rings is 1. The molecule has 2 atom stereocenters. The van der Waals surface area contributed by atoms with Crippen molar-refractivity contribution in [1.29, 1.82) is 0 Å². The third-order valence-corrected chi connectivity index (χ3v) is 4.28. The minimum atomic E-state index is -0.941. The van der Waals surface area contributed by atoms with E-state index in [9.17, 15) is 13.6 Å². The summed E-state index contributed by atoms with van der Waals surface area (Å²) in [5.74, 6) is -2.28. The summed E-state index contributed by atoms with van der Waals surface area (Å²) in [7, 11) is 0. The lowest BCUT2D eigenvalue weighted by Gasteiger charge is -2.22. The van der Waals surface area contributed by atoms with Crippen molar-refractivity contribution in [3.05, 3.63) is 53.4 Å². The normalized spacial score (nSPS) is 18.3. The van der Waals surface area contributed by atoms with E-state index in [1.807, 2.05) is 0 Å². The van der Waals surface area contributed by atoms with Crippen LogP contribution < -0.4 is 10.6 Å².